The average Bonchev–Trinajstić information content (AvgIpc) is 2.56. The number of nitrogens with zero attached hydrogens (tertiary/aromatic N) is 1. The van der Waals surface area contributed by atoms with E-state index in [0.717, 1.165) is 11.8 Å². The van der Waals surface area contributed by atoms with Crippen molar-refractivity contribution in [3.63, 3.8) is 0 Å². The van der Waals surface area contributed by atoms with Crippen LogP contribution in [0.15, 0.2) is 53.6 Å². The fraction of sp³-hybridized carbons (Fsp3) is 0.118. The van der Waals surface area contributed by atoms with Gasteiger partial charge in [0.2, 0.25) is 5.91 Å². The molecular formula is C17H15ClFN3O2. The van der Waals surface area contributed by atoms with Crippen LogP contribution in [0.1, 0.15) is 11.1 Å². The molecule has 0 saturated heterocycles. The predicted octanol–water partition coefficient (Wildman–Crippen LogP) is 2.29. The third kappa shape index (κ3) is 5.48. The van der Waals surface area contributed by atoms with Gasteiger partial charge >= 0.3 is 0 Å². The zero-order chi connectivity index (χ0) is 17.4. The molecule has 7 heteroatoms. The van der Waals surface area contributed by atoms with E-state index in [4.69, 9.17) is 11.6 Å². The van der Waals surface area contributed by atoms with Gasteiger partial charge in [0.05, 0.1) is 24.2 Å². The number of nitrogens with one attached hydrogen (secondary N) is 2. The first-order chi connectivity index (χ1) is 11.6. The van der Waals surface area contributed by atoms with Gasteiger partial charge in [-0.05, 0) is 17.7 Å². The highest BCUT2D eigenvalue weighted by Gasteiger charge is 2.06. The van der Waals surface area contributed by atoms with Gasteiger partial charge in [-0.25, -0.2) is 9.82 Å². The van der Waals surface area contributed by atoms with Gasteiger partial charge in [0.15, 0.2) is 0 Å². The van der Waals surface area contributed by atoms with Gasteiger partial charge in [-0.3, -0.25) is 9.59 Å². The van der Waals surface area contributed by atoms with Crippen LogP contribution >= 0.6 is 11.6 Å². The molecule has 2 N–H and O–H groups in total. The molecule has 124 valence electrons. The summed E-state index contributed by atoms with van der Waals surface area (Å²) in [6, 6.07) is 13.4. The Hall–Kier alpha value is -2.73. The van der Waals surface area contributed by atoms with Gasteiger partial charge in [-0.2, -0.15) is 5.10 Å². The molecule has 0 saturated carbocycles. The highest BCUT2D eigenvalue weighted by atomic mass is 35.5. The average molecular weight is 348 g/mol. The van der Waals surface area contributed by atoms with Gasteiger partial charge in [0, 0.05) is 5.56 Å². The molecule has 0 radical (unpaired) electrons. The van der Waals surface area contributed by atoms with Crippen molar-refractivity contribution in [2.24, 2.45) is 5.10 Å². The Bertz CT molecular complexity index is 731. The van der Waals surface area contributed by atoms with E-state index in [1.807, 2.05) is 30.3 Å². The molecule has 2 rings (SSSR count). The molecule has 2 amide bonds. The van der Waals surface area contributed by atoms with Crippen LogP contribution < -0.4 is 10.7 Å². The first-order valence-electron chi connectivity index (χ1n) is 7.13. The molecular weight excluding hydrogens is 333 g/mol. The van der Waals surface area contributed by atoms with Crippen molar-refractivity contribution in [3.05, 3.63) is 70.5 Å². The lowest BCUT2D eigenvalue weighted by Gasteiger charge is -2.04. The molecule has 5 nitrogen and oxygen atoms in total. The maximum Gasteiger partial charge on any atom is 0.259 e. The Kier molecular flexibility index (Phi) is 6.45. The molecule has 0 atom stereocenters. The first kappa shape index (κ1) is 17.6. The summed E-state index contributed by atoms with van der Waals surface area (Å²) in [5.41, 5.74) is 3.12. The number of rotatable bonds is 6. The number of amides is 2. The van der Waals surface area contributed by atoms with Crippen molar-refractivity contribution < 1.29 is 14.0 Å². The number of hydrazone groups is 1. The molecule has 0 spiro atoms. The second-order valence-corrected chi connectivity index (χ2v) is 5.27. The SMILES string of the molecule is O=C(Cc1ccccc1)NCC(=O)N/N=C/c1c(F)cccc1Cl. The standard InChI is InChI=1S/C17H15ClFN3O2/c18-14-7-4-8-15(19)13(14)10-21-22-17(24)11-20-16(23)9-12-5-2-1-3-6-12/h1-8,10H,9,11H2,(H,20,23)(H,22,24)/b21-10+. The lowest BCUT2D eigenvalue weighted by atomic mass is 10.1. The minimum absolute atomic E-state index is 0.0765. The summed E-state index contributed by atoms with van der Waals surface area (Å²) >= 11 is 5.82. The summed E-state index contributed by atoms with van der Waals surface area (Å²) in [5, 5.41) is 6.29. The van der Waals surface area contributed by atoms with Crippen LogP contribution in [0.25, 0.3) is 0 Å². The Morgan fingerprint density at radius 2 is 1.83 bits per heavy atom. The van der Waals surface area contributed by atoms with Crippen molar-refractivity contribution in [2.75, 3.05) is 6.54 Å². The zero-order valence-electron chi connectivity index (χ0n) is 12.6. The lowest BCUT2D eigenvalue weighted by molar-refractivity contribution is -0.125. The summed E-state index contributed by atoms with van der Waals surface area (Å²) in [6.07, 6.45) is 1.30. The van der Waals surface area contributed by atoms with Crippen LogP contribution in [0.4, 0.5) is 4.39 Å². The summed E-state index contributed by atoms with van der Waals surface area (Å²) in [4.78, 5) is 23.3. The molecule has 0 unspecified atom stereocenters. The molecule has 0 aliphatic rings. The van der Waals surface area contributed by atoms with Crippen molar-refractivity contribution in [1.29, 1.82) is 0 Å². The summed E-state index contributed by atoms with van der Waals surface area (Å²) in [7, 11) is 0. The second kappa shape index (κ2) is 8.79. The monoisotopic (exact) mass is 347 g/mol. The third-order valence-electron chi connectivity index (χ3n) is 3.04. The van der Waals surface area contributed by atoms with E-state index in [-0.39, 0.29) is 29.5 Å². The highest BCUT2D eigenvalue weighted by Crippen LogP contribution is 2.16. The van der Waals surface area contributed by atoms with Gasteiger partial charge in [0.1, 0.15) is 5.82 Å². The van der Waals surface area contributed by atoms with Crippen molar-refractivity contribution in [3.8, 4) is 0 Å². The molecule has 2 aromatic carbocycles. The van der Waals surface area contributed by atoms with Gasteiger partial charge in [0.25, 0.3) is 5.91 Å². The van der Waals surface area contributed by atoms with Crippen LogP contribution in [-0.4, -0.2) is 24.6 Å². The maximum absolute atomic E-state index is 13.5. The van der Waals surface area contributed by atoms with Gasteiger partial charge in [-0.1, -0.05) is 48.0 Å². The van der Waals surface area contributed by atoms with E-state index in [2.05, 4.69) is 15.8 Å². The van der Waals surface area contributed by atoms with Gasteiger partial charge in [-0.15, -0.1) is 0 Å². The largest absolute Gasteiger partial charge is 0.347 e. The fourth-order valence-electron chi connectivity index (χ4n) is 1.87. The summed E-state index contributed by atoms with van der Waals surface area (Å²) < 4.78 is 13.5. The van der Waals surface area contributed by atoms with Crippen LogP contribution in [0.3, 0.4) is 0 Å². The molecule has 0 aliphatic heterocycles. The fourth-order valence-corrected chi connectivity index (χ4v) is 2.08. The van der Waals surface area contributed by atoms with Crippen molar-refractivity contribution in [1.82, 2.24) is 10.7 Å². The molecule has 0 aromatic heterocycles. The Morgan fingerprint density at radius 3 is 2.54 bits per heavy atom. The van der Waals surface area contributed by atoms with Gasteiger partial charge < -0.3 is 5.32 Å². The van der Waals surface area contributed by atoms with E-state index in [1.165, 1.54) is 18.2 Å². The van der Waals surface area contributed by atoms with Crippen LogP contribution in [0.2, 0.25) is 5.02 Å². The van der Waals surface area contributed by atoms with E-state index < -0.39 is 11.7 Å². The topological polar surface area (TPSA) is 70.6 Å². The highest BCUT2D eigenvalue weighted by molar-refractivity contribution is 6.33. The minimum atomic E-state index is -0.545. The lowest BCUT2D eigenvalue weighted by Crippen LogP contribution is -2.35. The minimum Gasteiger partial charge on any atom is -0.347 e. The number of hydrogen-bond donors (Lipinski definition) is 2. The second-order valence-electron chi connectivity index (χ2n) is 4.87. The number of benzene rings is 2. The van der Waals surface area contributed by atoms with Crippen LogP contribution in [0, 0.1) is 5.82 Å². The summed E-state index contributed by atoms with van der Waals surface area (Å²) in [6.45, 7) is -0.228. The molecule has 0 aliphatic carbocycles. The smallest absolute Gasteiger partial charge is 0.259 e. The molecule has 0 fully saturated rings. The predicted molar refractivity (Wildman–Crippen MR) is 90.3 cm³/mol. The molecule has 24 heavy (non-hydrogen) atoms. The molecule has 0 heterocycles. The van der Waals surface area contributed by atoms with Crippen molar-refractivity contribution >= 4 is 29.6 Å². The van der Waals surface area contributed by atoms with Crippen LogP contribution in [-0.2, 0) is 16.0 Å². The summed E-state index contributed by atoms with van der Waals surface area (Å²) in [5.74, 6) is -1.35. The number of halogens is 2. The number of carbonyl (C=O) groups is 2. The Morgan fingerprint density at radius 1 is 1.08 bits per heavy atom. The molecule has 2 aromatic rings. The van der Waals surface area contributed by atoms with E-state index >= 15 is 0 Å². The Labute approximate surface area is 143 Å². The number of carbonyl (C=O) groups excluding carboxylic acids is 2. The van der Waals surface area contributed by atoms with E-state index in [9.17, 15) is 14.0 Å². The van der Waals surface area contributed by atoms with Crippen LogP contribution in [0.5, 0.6) is 0 Å². The normalized spacial score (nSPS) is 10.6. The number of hydrogen-bond acceptors (Lipinski definition) is 3. The van der Waals surface area contributed by atoms with Crippen molar-refractivity contribution in [2.45, 2.75) is 6.42 Å². The first-order valence-corrected chi connectivity index (χ1v) is 7.50. The van der Waals surface area contributed by atoms with E-state index in [1.54, 1.807) is 0 Å². The zero-order valence-corrected chi connectivity index (χ0v) is 13.4. The maximum atomic E-state index is 13.5. The molecule has 0 bridgehead atoms. The third-order valence-corrected chi connectivity index (χ3v) is 3.37. The van der Waals surface area contributed by atoms with E-state index in [0.29, 0.717) is 0 Å². The Balaban J connectivity index is 1.77. The quantitative estimate of drug-likeness (QED) is 0.621.